The minimum atomic E-state index is -3.22. The number of imide groups is 1. The SMILES string of the molecule is CS(=O)(=O)c1ccc(CCC(=O)N2CCC(N3C(=O)CSC3=O)CC2)cc1. The average molecular weight is 411 g/mol. The summed E-state index contributed by atoms with van der Waals surface area (Å²) >= 11 is 1.04. The molecular formula is C18H22N2O5S2. The molecule has 1 aromatic carbocycles. The van der Waals surface area contributed by atoms with Crippen molar-refractivity contribution < 1.29 is 22.8 Å². The zero-order valence-electron chi connectivity index (χ0n) is 15.1. The molecule has 0 spiro atoms. The van der Waals surface area contributed by atoms with Crippen LogP contribution >= 0.6 is 11.8 Å². The maximum atomic E-state index is 12.4. The van der Waals surface area contributed by atoms with Crippen molar-refractivity contribution in [2.24, 2.45) is 0 Å². The van der Waals surface area contributed by atoms with Gasteiger partial charge in [0.05, 0.1) is 10.6 Å². The van der Waals surface area contributed by atoms with Gasteiger partial charge in [0.1, 0.15) is 0 Å². The first kappa shape index (κ1) is 19.9. The highest BCUT2D eigenvalue weighted by atomic mass is 32.2. The van der Waals surface area contributed by atoms with E-state index in [0.717, 1.165) is 23.6 Å². The van der Waals surface area contributed by atoms with Crippen LogP contribution in [0.5, 0.6) is 0 Å². The first-order valence-corrected chi connectivity index (χ1v) is 11.7. The standard InChI is InChI=1S/C18H22N2O5S2/c1-27(24,25)15-5-2-13(3-6-15)4-7-16(21)19-10-8-14(9-11-19)20-17(22)12-26-18(20)23/h2-3,5-6,14H,4,7-12H2,1H3. The zero-order chi connectivity index (χ0) is 19.6. The van der Waals surface area contributed by atoms with Gasteiger partial charge >= 0.3 is 0 Å². The van der Waals surface area contributed by atoms with Crippen molar-refractivity contribution in [1.29, 1.82) is 0 Å². The molecule has 0 bridgehead atoms. The third-order valence-corrected chi connectivity index (χ3v) is 6.91. The number of likely N-dealkylation sites (tertiary alicyclic amines) is 1. The second-order valence-electron chi connectivity index (χ2n) is 6.85. The van der Waals surface area contributed by atoms with E-state index in [2.05, 4.69) is 0 Å². The lowest BCUT2D eigenvalue weighted by molar-refractivity contribution is -0.133. The fraction of sp³-hybridized carbons (Fsp3) is 0.500. The van der Waals surface area contributed by atoms with E-state index in [0.29, 0.717) is 38.8 Å². The Morgan fingerprint density at radius 3 is 2.30 bits per heavy atom. The Bertz CT molecular complexity index is 827. The summed E-state index contributed by atoms with van der Waals surface area (Å²) in [5.41, 5.74) is 0.913. The minimum Gasteiger partial charge on any atom is -0.343 e. The van der Waals surface area contributed by atoms with Crippen molar-refractivity contribution in [1.82, 2.24) is 9.80 Å². The first-order chi connectivity index (χ1) is 12.8. The second kappa shape index (κ2) is 8.02. The minimum absolute atomic E-state index is 0.0362. The van der Waals surface area contributed by atoms with E-state index in [4.69, 9.17) is 0 Å². The third kappa shape index (κ3) is 4.70. The molecule has 0 radical (unpaired) electrons. The summed E-state index contributed by atoms with van der Waals surface area (Å²) in [4.78, 5) is 39.4. The second-order valence-corrected chi connectivity index (χ2v) is 9.79. The molecule has 2 fully saturated rings. The van der Waals surface area contributed by atoms with Gasteiger partial charge in [-0.25, -0.2) is 8.42 Å². The molecule has 0 unspecified atom stereocenters. The molecule has 0 aromatic heterocycles. The fourth-order valence-electron chi connectivity index (χ4n) is 3.40. The van der Waals surface area contributed by atoms with Crippen LogP contribution in [0, 0.1) is 0 Å². The van der Waals surface area contributed by atoms with Crippen LogP contribution < -0.4 is 0 Å². The van der Waals surface area contributed by atoms with Crippen molar-refractivity contribution in [3.05, 3.63) is 29.8 Å². The van der Waals surface area contributed by atoms with Gasteiger partial charge in [0.15, 0.2) is 9.84 Å². The number of amides is 3. The van der Waals surface area contributed by atoms with Gasteiger partial charge in [0.25, 0.3) is 5.24 Å². The van der Waals surface area contributed by atoms with Crippen LogP contribution in [0.4, 0.5) is 4.79 Å². The molecule has 1 aromatic rings. The van der Waals surface area contributed by atoms with Gasteiger partial charge in [-0.1, -0.05) is 23.9 Å². The Balaban J connectivity index is 1.48. The Morgan fingerprint density at radius 2 is 1.78 bits per heavy atom. The number of hydrogen-bond acceptors (Lipinski definition) is 6. The number of aryl methyl sites for hydroxylation is 1. The lowest BCUT2D eigenvalue weighted by Crippen LogP contribution is -2.48. The van der Waals surface area contributed by atoms with Crippen molar-refractivity contribution in [3.8, 4) is 0 Å². The van der Waals surface area contributed by atoms with Crippen LogP contribution in [0.3, 0.4) is 0 Å². The molecule has 3 amide bonds. The normalized spacial score (nSPS) is 19.0. The summed E-state index contributed by atoms with van der Waals surface area (Å²) < 4.78 is 22.9. The lowest BCUT2D eigenvalue weighted by atomic mass is 10.0. The molecular weight excluding hydrogens is 388 g/mol. The van der Waals surface area contributed by atoms with Gasteiger partial charge in [0, 0.05) is 31.8 Å². The number of hydrogen-bond donors (Lipinski definition) is 0. The maximum Gasteiger partial charge on any atom is 0.289 e. The van der Waals surface area contributed by atoms with Gasteiger partial charge in [-0.05, 0) is 37.0 Å². The molecule has 2 heterocycles. The highest BCUT2D eigenvalue weighted by Gasteiger charge is 2.37. The summed E-state index contributed by atoms with van der Waals surface area (Å²) in [5, 5.41) is -0.178. The van der Waals surface area contributed by atoms with E-state index in [1.54, 1.807) is 29.2 Å². The number of thioether (sulfide) groups is 1. The largest absolute Gasteiger partial charge is 0.343 e. The quantitative estimate of drug-likeness (QED) is 0.734. The van der Waals surface area contributed by atoms with Crippen molar-refractivity contribution >= 4 is 38.7 Å². The summed E-state index contributed by atoms with van der Waals surface area (Å²) in [7, 11) is -3.22. The molecule has 2 aliphatic heterocycles. The lowest BCUT2D eigenvalue weighted by Gasteiger charge is -2.35. The van der Waals surface area contributed by atoms with Gasteiger partial charge in [-0.2, -0.15) is 0 Å². The van der Waals surface area contributed by atoms with E-state index < -0.39 is 9.84 Å². The van der Waals surface area contributed by atoms with Gasteiger partial charge in [0.2, 0.25) is 11.8 Å². The number of rotatable bonds is 5. The predicted octanol–water partition coefficient (Wildman–Crippen LogP) is 1.71. The van der Waals surface area contributed by atoms with E-state index in [-0.39, 0.29) is 33.7 Å². The number of sulfone groups is 1. The highest BCUT2D eigenvalue weighted by molar-refractivity contribution is 8.14. The Kier molecular flexibility index (Phi) is 5.90. The third-order valence-electron chi connectivity index (χ3n) is 4.95. The summed E-state index contributed by atoms with van der Waals surface area (Å²) in [5.74, 6) is 0.122. The summed E-state index contributed by atoms with van der Waals surface area (Å²) in [6, 6.07) is 6.48. The van der Waals surface area contributed by atoms with E-state index in [9.17, 15) is 22.8 Å². The Labute approximate surface area is 163 Å². The molecule has 9 heteroatoms. The van der Waals surface area contributed by atoms with Gasteiger partial charge in [-0.15, -0.1) is 0 Å². The molecule has 0 saturated carbocycles. The predicted molar refractivity (Wildman–Crippen MR) is 102 cm³/mol. The van der Waals surface area contributed by atoms with Crippen molar-refractivity contribution in [2.75, 3.05) is 25.1 Å². The number of carbonyl (C=O) groups is 3. The van der Waals surface area contributed by atoms with Gasteiger partial charge in [-0.3, -0.25) is 19.3 Å². The topological polar surface area (TPSA) is 91.8 Å². The molecule has 2 saturated heterocycles. The maximum absolute atomic E-state index is 12.4. The smallest absolute Gasteiger partial charge is 0.289 e. The first-order valence-electron chi connectivity index (χ1n) is 8.81. The molecule has 3 rings (SSSR count). The number of carbonyl (C=O) groups excluding carboxylic acids is 3. The molecule has 0 aliphatic carbocycles. The van der Waals surface area contributed by atoms with E-state index in [1.165, 1.54) is 4.90 Å². The Morgan fingerprint density at radius 1 is 1.15 bits per heavy atom. The van der Waals surface area contributed by atoms with Crippen LogP contribution in [0.25, 0.3) is 0 Å². The number of nitrogens with zero attached hydrogens (tertiary/aromatic N) is 2. The van der Waals surface area contributed by atoms with Crippen LogP contribution in [0.1, 0.15) is 24.8 Å². The molecule has 27 heavy (non-hydrogen) atoms. The monoisotopic (exact) mass is 410 g/mol. The summed E-state index contributed by atoms with van der Waals surface area (Å²) in [6.07, 6.45) is 3.29. The van der Waals surface area contributed by atoms with Crippen molar-refractivity contribution in [3.63, 3.8) is 0 Å². The van der Waals surface area contributed by atoms with E-state index >= 15 is 0 Å². The molecule has 7 nitrogen and oxygen atoms in total. The van der Waals surface area contributed by atoms with Crippen molar-refractivity contribution in [2.45, 2.75) is 36.6 Å². The average Bonchev–Trinajstić information content (AvgIpc) is 2.98. The number of piperidine rings is 1. The van der Waals surface area contributed by atoms with Crippen LogP contribution in [-0.2, 0) is 25.8 Å². The van der Waals surface area contributed by atoms with Crippen LogP contribution in [-0.4, -0.2) is 66.4 Å². The highest BCUT2D eigenvalue weighted by Crippen LogP contribution is 2.27. The van der Waals surface area contributed by atoms with E-state index in [1.807, 2.05) is 0 Å². The molecule has 2 aliphatic rings. The Hall–Kier alpha value is -1.87. The van der Waals surface area contributed by atoms with Crippen LogP contribution in [0.15, 0.2) is 29.2 Å². The van der Waals surface area contributed by atoms with Gasteiger partial charge < -0.3 is 4.90 Å². The fourth-order valence-corrected chi connectivity index (χ4v) is 4.81. The molecule has 0 N–H and O–H groups in total. The zero-order valence-corrected chi connectivity index (χ0v) is 16.7. The molecule has 146 valence electrons. The number of benzene rings is 1. The van der Waals surface area contributed by atoms with Crippen LogP contribution in [0.2, 0.25) is 0 Å². The summed E-state index contributed by atoms with van der Waals surface area (Å²) in [6.45, 7) is 1.08. The molecule has 0 atom stereocenters.